The normalized spacial score (nSPS) is 46.3. The maximum absolute atomic E-state index is 13.1. The van der Waals surface area contributed by atoms with Crippen LogP contribution in [0.1, 0.15) is 108 Å². The largest absolute Gasteiger partial charge is 0.496 e. The van der Waals surface area contributed by atoms with Crippen molar-refractivity contribution >= 4 is 39.0 Å². The number of carbonyl (C=O) groups is 1. The third-order valence-electron chi connectivity index (χ3n) is 22.6. The minimum absolute atomic E-state index is 0.0530. The molecular weight excluding hydrogens is 733 g/mol. The van der Waals surface area contributed by atoms with Crippen LogP contribution in [-0.2, 0) is 20.4 Å². The molecule has 14 unspecified atom stereocenters. The molecule has 0 heterocycles. The van der Waals surface area contributed by atoms with Crippen molar-refractivity contribution in [2.45, 2.75) is 80.0 Å². The fourth-order valence-corrected chi connectivity index (χ4v) is 23.1. The molecule has 6 heteroatoms. The molecule has 0 N–H and O–H groups in total. The second-order valence-corrected chi connectivity index (χ2v) is 22.0. The Morgan fingerprint density at radius 1 is 0.763 bits per heavy atom. The van der Waals surface area contributed by atoms with E-state index in [9.17, 15) is 4.79 Å². The van der Waals surface area contributed by atoms with Crippen molar-refractivity contribution < 1.29 is 28.5 Å². The van der Waals surface area contributed by atoms with Gasteiger partial charge >= 0.3 is 5.97 Å². The fraction of sp³-hybridized carbons (Fsp3) is 0.528. The molecule has 3 aromatic carbocycles. The summed E-state index contributed by atoms with van der Waals surface area (Å²) in [5.74, 6) is 10.3. The van der Waals surface area contributed by atoms with Gasteiger partial charge in [-0.25, -0.2) is 0 Å². The molecule has 0 amide bonds. The van der Waals surface area contributed by atoms with Gasteiger partial charge in [-0.15, -0.1) is 0 Å². The zero-order valence-electron chi connectivity index (χ0n) is 34.1. The second kappa shape index (κ2) is 7.93. The molecule has 2 bridgehead atoms. The lowest BCUT2D eigenvalue weighted by atomic mass is 9.14. The van der Waals surface area contributed by atoms with Gasteiger partial charge < -0.3 is 23.7 Å². The number of benzene rings is 3. The number of methoxy groups -OCH3 is 5. The van der Waals surface area contributed by atoms with Crippen LogP contribution < -0.4 is 29.4 Å². The first-order chi connectivity index (χ1) is 29.0. The Bertz CT molecular complexity index is 3230. The van der Waals surface area contributed by atoms with E-state index in [1.165, 1.54) is 37.7 Å². The van der Waals surface area contributed by atoms with Crippen LogP contribution in [0.25, 0.3) is 33.1 Å². The van der Waals surface area contributed by atoms with E-state index in [0.29, 0.717) is 59.3 Å². The van der Waals surface area contributed by atoms with Crippen molar-refractivity contribution in [2.75, 3.05) is 35.5 Å². The Kier molecular flexibility index (Phi) is 3.99. The lowest BCUT2D eigenvalue weighted by Crippen LogP contribution is -2.88. The first-order valence-electron chi connectivity index (χ1n) is 23.1. The van der Waals surface area contributed by atoms with Crippen molar-refractivity contribution in [3.05, 3.63) is 78.2 Å². The van der Waals surface area contributed by atoms with E-state index in [-0.39, 0.29) is 27.6 Å². The van der Waals surface area contributed by atoms with Crippen LogP contribution in [0.4, 0.5) is 0 Å². The van der Waals surface area contributed by atoms with Crippen molar-refractivity contribution in [1.82, 2.24) is 0 Å². The number of ether oxygens (including phenoxy) is 5. The molecule has 292 valence electrons. The lowest BCUT2D eigenvalue weighted by molar-refractivity contribution is -0.261. The summed E-state index contributed by atoms with van der Waals surface area (Å²) in [5.41, 5.74) is 24.8. The Balaban J connectivity index is 1.04. The third kappa shape index (κ3) is 2.00. The number of hydrogen-bond acceptors (Lipinski definition) is 6. The van der Waals surface area contributed by atoms with E-state index in [2.05, 4.69) is 12.1 Å². The maximum Gasteiger partial charge on any atom is 0.305 e. The zero-order chi connectivity index (χ0) is 38.2. The molecule has 59 heavy (non-hydrogen) atoms. The molecule has 3 aromatic rings. The van der Waals surface area contributed by atoms with Crippen molar-refractivity contribution in [3.63, 3.8) is 0 Å². The molecule has 20 rings (SSSR count). The monoisotopic (exact) mass is 776 g/mol. The number of carbonyl (C=O) groups excluding carboxylic acids is 1. The maximum atomic E-state index is 13.1. The van der Waals surface area contributed by atoms with Crippen molar-refractivity contribution in [3.8, 4) is 23.0 Å². The molecule has 0 radical (unpaired) electrons. The van der Waals surface area contributed by atoms with Gasteiger partial charge in [0, 0.05) is 57.5 Å². The first-order valence-corrected chi connectivity index (χ1v) is 23.1. The summed E-state index contributed by atoms with van der Waals surface area (Å²) in [4.78, 5) is 13.1. The van der Waals surface area contributed by atoms with Gasteiger partial charge in [0.25, 0.3) is 0 Å². The highest BCUT2D eigenvalue weighted by Gasteiger charge is 3.18. The Labute approximate surface area is 341 Å². The van der Waals surface area contributed by atoms with E-state index < -0.39 is 0 Å². The number of rotatable bonds is 9. The number of allylic oxidation sites excluding steroid dienone is 6. The Morgan fingerprint density at radius 3 is 2.41 bits per heavy atom. The zero-order valence-corrected chi connectivity index (χ0v) is 34.1. The van der Waals surface area contributed by atoms with Crippen LogP contribution >= 0.6 is 0 Å². The average molecular weight is 777 g/mol. The number of fused-ring (bicyclic) bond motifs is 4. The molecule has 17 aliphatic carbocycles. The van der Waals surface area contributed by atoms with Gasteiger partial charge in [0.05, 0.1) is 35.5 Å². The highest BCUT2D eigenvalue weighted by molar-refractivity contribution is 6.30. The van der Waals surface area contributed by atoms with Gasteiger partial charge in [0.1, 0.15) is 5.75 Å². The summed E-state index contributed by atoms with van der Waals surface area (Å²) in [6.45, 7) is 0. The fourth-order valence-electron chi connectivity index (χ4n) is 23.1. The van der Waals surface area contributed by atoms with E-state index in [0.717, 1.165) is 48.0 Å². The number of esters is 1. The standard InChI is InChI=1S/C53H44O6/c1-55-24-15-25(56-2)46(58-4)47(59-5)43(24)50(12-6-7-26(54)57-3)51-44-33-18-10-8-16-20-13-22-23-14-21-17-9-11-19-34-28(17)36-30(21)32(23)37-31(22)29(20)35(27(16)33)39-38(37)40(36)42(41(39)44)45(34)52(51)49(19)53(50,52)48(18)51/h14-15,17,19-22,28,30,32,34,48-49H,6-13H2,1-5H3/t17?,19?,20?,21?,22?,28?,30?,32?,34?,48?,49-,50?,51?,52?,53?/m1/s1. The second-order valence-electron chi connectivity index (χ2n) is 22.0. The molecule has 0 aliphatic heterocycles. The molecule has 7 fully saturated rings. The van der Waals surface area contributed by atoms with Crippen LogP contribution in [0.2, 0.25) is 0 Å². The van der Waals surface area contributed by atoms with Gasteiger partial charge in [-0.3, -0.25) is 4.79 Å². The third-order valence-corrected chi connectivity index (χ3v) is 22.6. The van der Waals surface area contributed by atoms with Crippen molar-refractivity contribution in [1.29, 1.82) is 0 Å². The smallest absolute Gasteiger partial charge is 0.305 e. The van der Waals surface area contributed by atoms with Crippen LogP contribution in [0.3, 0.4) is 0 Å². The SMILES string of the molecule is COC(=O)CCCC1(c2c(OC)cc(OC)c(OC)c2OC)C23c4c5c6c7c8c9c%10c6c6c4=C4CCC=6C%10CC9C6=CC9C%10CCC%11C%12C(=C5C7=C(C9C68)C%10%12)C25[C@@H]%11C15C43. The predicted octanol–water partition coefficient (Wildman–Crippen LogP) is 7.45. The molecule has 0 aromatic heterocycles. The van der Waals surface area contributed by atoms with E-state index >= 15 is 0 Å². The minimum Gasteiger partial charge on any atom is -0.496 e. The summed E-state index contributed by atoms with van der Waals surface area (Å²) in [5, 5.41) is 6.90. The van der Waals surface area contributed by atoms with E-state index in [1.54, 1.807) is 64.8 Å². The molecule has 17 aliphatic rings. The topological polar surface area (TPSA) is 63.2 Å². The summed E-state index contributed by atoms with van der Waals surface area (Å²) >= 11 is 0. The summed E-state index contributed by atoms with van der Waals surface area (Å²) in [6.07, 6.45) is 11.6. The number of hydrogen-bond donors (Lipinski definition) is 0. The van der Waals surface area contributed by atoms with Crippen LogP contribution in [0, 0.1) is 58.2 Å². The van der Waals surface area contributed by atoms with Gasteiger partial charge in [-0.2, -0.15) is 0 Å². The van der Waals surface area contributed by atoms with Crippen LogP contribution in [0.15, 0.2) is 28.9 Å². The predicted molar refractivity (Wildman–Crippen MR) is 218 cm³/mol. The minimum atomic E-state index is -0.295. The molecule has 3 spiro atoms. The van der Waals surface area contributed by atoms with Gasteiger partial charge in [0.2, 0.25) is 5.75 Å². The van der Waals surface area contributed by atoms with Gasteiger partial charge in [-0.1, -0.05) is 28.4 Å². The molecule has 15 atom stereocenters. The lowest BCUT2D eigenvalue weighted by Gasteiger charge is -2.86. The van der Waals surface area contributed by atoms with Crippen molar-refractivity contribution in [2.24, 2.45) is 58.2 Å². The summed E-state index contributed by atoms with van der Waals surface area (Å²) in [6, 6.07) is 2.09. The molecular formula is C53H44O6. The molecule has 6 nitrogen and oxygen atoms in total. The summed E-state index contributed by atoms with van der Waals surface area (Å²) < 4.78 is 31.0. The quantitative estimate of drug-likeness (QED) is 0.166. The van der Waals surface area contributed by atoms with E-state index in [1.807, 2.05) is 64.3 Å². The first kappa shape index (κ1) is 29.7. The Morgan fingerprint density at radius 2 is 1.59 bits per heavy atom. The molecule has 7 saturated carbocycles. The highest BCUT2D eigenvalue weighted by atomic mass is 16.5. The highest BCUT2D eigenvalue weighted by Crippen LogP contribution is 3.18. The van der Waals surface area contributed by atoms with E-state index in [4.69, 9.17) is 23.7 Å². The molecule has 0 saturated heterocycles. The Hall–Kier alpha value is -4.45. The summed E-state index contributed by atoms with van der Waals surface area (Å²) in [7, 11) is 8.67. The average Bonchev–Trinajstić information content (AvgIpc) is 4.06. The van der Waals surface area contributed by atoms with Gasteiger partial charge in [0.15, 0.2) is 11.5 Å². The van der Waals surface area contributed by atoms with Crippen LogP contribution in [0.5, 0.6) is 23.0 Å². The van der Waals surface area contributed by atoms with Crippen LogP contribution in [-0.4, -0.2) is 41.5 Å². The van der Waals surface area contributed by atoms with Gasteiger partial charge in [-0.05, 0) is 164 Å².